The number of rotatable bonds is 5. The molecular formula is C10H14O. The molecule has 0 aliphatic carbocycles. The third-order valence-electron chi connectivity index (χ3n) is 1.11. The molecule has 0 fully saturated rings. The molecule has 60 valence electrons. The van der Waals surface area contributed by atoms with Gasteiger partial charge in [0.2, 0.25) is 0 Å². The largest absolute Gasteiger partial charge is 0.372 e. The van der Waals surface area contributed by atoms with E-state index >= 15 is 0 Å². The number of allylic oxidation sites excluding steroid dienone is 2. The van der Waals surface area contributed by atoms with Crippen molar-refractivity contribution in [1.29, 1.82) is 0 Å². The van der Waals surface area contributed by atoms with Crippen molar-refractivity contribution in [3.63, 3.8) is 0 Å². The zero-order valence-electron chi connectivity index (χ0n) is 6.97. The third-order valence-corrected chi connectivity index (χ3v) is 1.11. The monoisotopic (exact) mass is 150 g/mol. The zero-order chi connectivity index (χ0) is 8.53. The van der Waals surface area contributed by atoms with Crippen LogP contribution >= 0.6 is 0 Å². The van der Waals surface area contributed by atoms with Gasteiger partial charge in [-0.05, 0) is 12.5 Å². The normalized spacial score (nSPS) is 9.55. The predicted octanol–water partition coefficient (Wildman–Crippen LogP) is 2.48. The molecule has 0 saturated heterocycles. The molecule has 0 heterocycles. The molecule has 0 bridgehead atoms. The molecule has 0 rings (SSSR count). The Hall–Kier alpha value is -1.04. The third kappa shape index (κ3) is 6.85. The van der Waals surface area contributed by atoms with Gasteiger partial charge in [0.05, 0.1) is 13.2 Å². The maximum absolute atomic E-state index is 5.21. The Balaban J connectivity index is 3.35. The first kappa shape index (κ1) is 9.96. The Labute approximate surface area is 68.4 Å². The molecule has 0 aliphatic rings. The lowest BCUT2D eigenvalue weighted by atomic mass is 10.3. The van der Waals surface area contributed by atoms with Gasteiger partial charge in [-0.15, -0.1) is 5.73 Å². The summed E-state index contributed by atoms with van der Waals surface area (Å²) in [4.78, 5) is 0. The summed E-state index contributed by atoms with van der Waals surface area (Å²) in [6, 6.07) is 0. The lowest BCUT2D eigenvalue weighted by Crippen LogP contribution is -1.94. The van der Waals surface area contributed by atoms with Crippen molar-refractivity contribution in [3.8, 4) is 0 Å². The molecule has 0 aromatic rings. The van der Waals surface area contributed by atoms with E-state index in [2.05, 4.69) is 18.9 Å². The van der Waals surface area contributed by atoms with Crippen molar-refractivity contribution in [3.05, 3.63) is 42.7 Å². The smallest absolute Gasteiger partial charge is 0.0752 e. The van der Waals surface area contributed by atoms with Crippen LogP contribution < -0.4 is 0 Å². The van der Waals surface area contributed by atoms with Crippen LogP contribution in [-0.2, 0) is 4.74 Å². The highest BCUT2D eigenvalue weighted by molar-refractivity contribution is 4.98. The molecular weight excluding hydrogens is 136 g/mol. The van der Waals surface area contributed by atoms with Gasteiger partial charge in [0.15, 0.2) is 0 Å². The SMILES string of the molecule is C=C=C(C)COC/C=C/C=C. The van der Waals surface area contributed by atoms with Crippen LogP contribution in [0.3, 0.4) is 0 Å². The summed E-state index contributed by atoms with van der Waals surface area (Å²) in [7, 11) is 0. The van der Waals surface area contributed by atoms with Crippen molar-refractivity contribution < 1.29 is 4.74 Å². The second kappa shape index (κ2) is 7.07. The van der Waals surface area contributed by atoms with Crippen LogP contribution in [0.4, 0.5) is 0 Å². The van der Waals surface area contributed by atoms with Crippen LogP contribution in [0.5, 0.6) is 0 Å². The molecule has 0 aliphatic heterocycles. The lowest BCUT2D eigenvalue weighted by molar-refractivity contribution is 0.187. The number of hydrogen-bond donors (Lipinski definition) is 0. The Bertz CT molecular complexity index is 183. The van der Waals surface area contributed by atoms with Crippen LogP contribution in [0.25, 0.3) is 0 Å². The first-order valence-corrected chi connectivity index (χ1v) is 3.52. The molecule has 0 radical (unpaired) electrons. The average Bonchev–Trinajstić information content (AvgIpc) is 2.04. The molecule has 0 atom stereocenters. The second-order valence-electron chi connectivity index (χ2n) is 2.14. The summed E-state index contributed by atoms with van der Waals surface area (Å²) in [6.45, 7) is 10.2. The van der Waals surface area contributed by atoms with Gasteiger partial charge in [0.1, 0.15) is 0 Å². The maximum Gasteiger partial charge on any atom is 0.0752 e. The molecule has 11 heavy (non-hydrogen) atoms. The molecule has 0 N–H and O–H groups in total. The van der Waals surface area contributed by atoms with Gasteiger partial charge < -0.3 is 4.74 Å². The van der Waals surface area contributed by atoms with Crippen LogP contribution in [0, 0.1) is 0 Å². The summed E-state index contributed by atoms with van der Waals surface area (Å²) in [5.41, 5.74) is 3.78. The fourth-order valence-corrected chi connectivity index (χ4v) is 0.483. The summed E-state index contributed by atoms with van der Waals surface area (Å²) in [5.74, 6) is 0. The van der Waals surface area contributed by atoms with Crippen molar-refractivity contribution in [2.24, 2.45) is 0 Å². The minimum atomic E-state index is 0.602. The first-order valence-electron chi connectivity index (χ1n) is 3.52. The lowest BCUT2D eigenvalue weighted by Gasteiger charge is -1.97. The molecule has 1 heteroatoms. The second-order valence-corrected chi connectivity index (χ2v) is 2.14. The molecule has 0 unspecified atom stereocenters. The minimum Gasteiger partial charge on any atom is -0.372 e. The van der Waals surface area contributed by atoms with Crippen molar-refractivity contribution in [2.75, 3.05) is 13.2 Å². The molecule has 0 aromatic heterocycles. The van der Waals surface area contributed by atoms with E-state index in [1.165, 1.54) is 0 Å². The van der Waals surface area contributed by atoms with Gasteiger partial charge >= 0.3 is 0 Å². The Morgan fingerprint density at radius 3 is 2.91 bits per heavy atom. The standard InChI is InChI=1S/C10H14O/c1-4-6-7-8-11-9-10(3)5-2/h4,6-7H,1-2,8-9H2,3H3/b7-6+. The van der Waals surface area contributed by atoms with Gasteiger partial charge in [0, 0.05) is 0 Å². The Kier molecular flexibility index (Phi) is 6.40. The Morgan fingerprint density at radius 1 is 1.64 bits per heavy atom. The minimum absolute atomic E-state index is 0.602. The van der Waals surface area contributed by atoms with E-state index in [0.717, 1.165) is 5.57 Å². The average molecular weight is 150 g/mol. The number of hydrogen-bond acceptors (Lipinski definition) is 1. The highest BCUT2D eigenvalue weighted by Gasteiger charge is 1.84. The molecule has 0 spiro atoms. The van der Waals surface area contributed by atoms with Crippen LogP contribution in [0.1, 0.15) is 6.92 Å². The van der Waals surface area contributed by atoms with Gasteiger partial charge in [-0.25, -0.2) is 0 Å². The molecule has 1 nitrogen and oxygen atoms in total. The highest BCUT2D eigenvalue weighted by Crippen LogP contribution is 1.89. The van der Waals surface area contributed by atoms with E-state index in [4.69, 9.17) is 4.74 Å². The van der Waals surface area contributed by atoms with E-state index in [1.807, 2.05) is 19.1 Å². The van der Waals surface area contributed by atoms with Crippen LogP contribution in [0.15, 0.2) is 42.7 Å². The van der Waals surface area contributed by atoms with Gasteiger partial charge in [-0.3, -0.25) is 0 Å². The maximum atomic E-state index is 5.21. The first-order chi connectivity index (χ1) is 5.31. The molecule has 0 aromatic carbocycles. The predicted molar refractivity (Wildman–Crippen MR) is 48.5 cm³/mol. The van der Waals surface area contributed by atoms with Crippen molar-refractivity contribution in [1.82, 2.24) is 0 Å². The van der Waals surface area contributed by atoms with E-state index in [-0.39, 0.29) is 0 Å². The van der Waals surface area contributed by atoms with Gasteiger partial charge in [0.25, 0.3) is 0 Å². The summed E-state index contributed by atoms with van der Waals surface area (Å²) < 4.78 is 5.21. The molecule has 0 saturated carbocycles. The highest BCUT2D eigenvalue weighted by atomic mass is 16.5. The van der Waals surface area contributed by atoms with Crippen LogP contribution in [-0.4, -0.2) is 13.2 Å². The van der Waals surface area contributed by atoms with Crippen molar-refractivity contribution in [2.45, 2.75) is 6.92 Å². The molecule has 0 amide bonds. The number of ether oxygens (including phenoxy) is 1. The summed E-state index contributed by atoms with van der Waals surface area (Å²) in [5, 5.41) is 0. The topological polar surface area (TPSA) is 9.23 Å². The van der Waals surface area contributed by atoms with E-state index in [9.17, 15) is 0 Å². The quantitative estimate of drug-likeness (QED) is 0.332. The van der Waals surface area contributed by atoms with E-state index in [0.29, 0.717) is 13.2 Å². The van der Waals surface area contributed by atoms with Crippen molar-refractivity contribution >= 4 is 0 Å². The summed E-state index contributed by atoms with van der Waals surface area (Å²) in [6.07, 6.45) is 5.48. The fraction of sp³-hybridized carbons (Fsp3) is 0.300. The zero-order valence-corrected chi connectivity index (χ0v) is 6.97. The fourth-order valence-electron chi connectivity index (χ4n) is 0.483. The van der Waals surface area contributed by atoms with E-state index in [1.54, 1.807) is 6.08 Å². The summed E-state index contributed by atoms with van der Waals surface area (Å²) >= 11 is 0. The van der Waals surface area contributed by atoms with E-state index < -0.39 is 0 Å². The van der Waals surface area contributed by atoms with Gasteiger partial charge in [-0.1, -0.05) is 31.4 Å². The van der Waals surface area contributed by atoms with Crippen LogP contribution in [0.2, 0.25) is 0 Å². The Morgan fingerprint density at radius 2 is 2.36 bits per heavy atom. The van der Waals surface area contributed by atoms with Gasteiger partial charge in [-0.2, -0.15) is 0 Å².